The number of nitrogens with two attached hydrogens (primary N) is 2. The van der Waals surface area contributed by atoms with Crippen LogP contribution in [0.4, 0.5) is 5.69 Å². The van der Waals surface area contributed by atoms with Crippen molar-refractivity contribution in [3.05, 3.63) is 30.6 Å². The maximum Gasteiger partial charge on any atom is 0.238 e. The zero-order valence-corrected chi connectivity index (χ0v) is 12.0. The van der Waals surface area contributed by atoms with Crippen LogP contribution in [-0.2, 0) is 10.0 Å². The number of anilines is 1. The van der Waals surface area contributed by atoms with Crippen molar-refractivity contribution in [2.75, 3.05) is 5.73 Å². The predicted molar refractivity (Wildman–Crippen MR) is 74.9 cm³/mol. The van der Waals surface area contributed by atoms with Crippen LogP contribution in [0.5, 0.6) is 11.5 Å². The van der Waals surface area contributed by atoms with Gasteiger partial charge in [-0.2, -0.15) is 5.10 Å². The molecule has 0 aliphatic heterocycles. The Balaban J connectivity index is 2.32. The molecule has 20 heavy (non-hydrogen) atoms. The van der Waals surface area contributed by atoms with E-state index in [0.29, 0.717) is 11.4 Å². The second-order valence-electron chi connectivity index (χ2n) is 4.60. The molecule has 2 rings (SSSR count). The van der Waals surface area contributed by atoms with E-state index < -0.39 is 10.0 Å². The Hall–Kier alpha value is -2.06. The van der Waals surface area contributed by atoms with E-state index in [2.05, 4.69) is 5.10 Å². The Morgan fingerprint density at radius 3 is 2.60 bits per heavy atom. The van der Waals surface area contributed by atoms with Crippen molar-refractivity contribution in [3.63, 3.8) is 0 Å². The number of ether oxygens (including phenoxy) is 1. The Labute approximate surface area is 117 Å². The first-order valence-electron chi connectivity index (χ1n) is 5.91. The molecule has 0 saturated heterocycles. The van der Waals surface area contributed by atoms with E-state index in [9.17, 15) is 8.42 Å². The van der Waals surface area contributed by atoms with Gasteiger partial charge in [0.25, 0.3) is 0 Å². The Kier molecular flexibility index (Phi) is 3.69. The fourth-order valence-corrected chi connectivity index (χ4v) is 2.09. The highest BCUT2D eigenvalue weighted by Gasteiger charge is 2.12. The summed E-state index contributed by atoms with van der Waals surface area (Å²) in [5.41, 5.74) is 6.07. The number of rotatable bonds is 4. The van der Waals surface area contributed by atoms with Crippen molar-refractivity contribution in [1.82, 2.24) is 9.78 Å². The Morgan fingerprint density at radius 2 is 2.05 bits per heavy atom. The smallest absolute Gasteiger partial charge is 0.238 e. The molecule has 1 aromatic heterocycles. The number of sulfonamides is 1. The first-order valence-corrected chi connectivity index (χ1v) is 7.46. The van der Waals surface area contributed by atoms with Crippen molar-refractivity contribution in [1.29, 1.82) is 0 Å². The molecule has 0 aliphatic rings. The average molecular weight is 296 g/mol. The van der Waals surface area contributed by atoms with Gasteiger partial charge in [-0.05, 0) is 26.0 Å². The van der Waals surface area contributed by atoms with Crippen molar-refractivity contribution in [2.45, 2.75) is 24.8 Å². The first-order chi connectivity index (χ1) is 9.27. The second kappa shape index (κ2) is 5.14. The number of hydrogen-bond donors (Lipinski definition) is 2. The van der Waals surface area contributed by atoms with E-state index in [1.807, 2.05) is 13.8 Å². The standard InChI is InChI=1S/C12H16N4O3S/c1-8(2)16-7-9(6-15-16)19-12-5-10(20(14,17)18)3-4-11(12)13/h3-8H,13H2,1-2H3,(H2,14,17,18). The third-order valence-corrected chi connectivity index (χ3v) is 3.56. The van der Waals surface area contributed by atoms with Gasteiger partial charge in [0.2, 0.25) is 10.0 Å². The topological polar surface area (TPSA) is 113 Å². The van der Waals surface area contributed by atoms with E-state index in [4.69, 9.17) is 15.6 Å². The van der Waals surface area contributed by atoms with Gasteiger partial charge in [-0.15, -0.1) is 0 Å². The fraction of sp³-hybridized carbons (Fsp3) is 0.250. The summed E-state index contributed by atoms with van der Waals surface area (Å²) >= 11 is 0. The number of nitrogen functional groups attached to an aromatic ring is 1. The van der Waals surface area contributed by atoms with Crippen LogP contribution >= 0.6 is 0 Å². The molecule has 0 amide bonds. The number of hydrogen-bond acceptors (Lipinski definition) is 5. The lowest BCUT2D eigenvalue weighted by molar-refractivity contribution is 0.477. The zero-order chi connectivity index (χ0) is 14.9. The van der Waals surface area contributed by atoms with Gasteiger partial charge in [-0.1, -0.05) is 0 Å². The molecule has 1 heterocycles. The van der Waals surface area contributed by atoms with Gasteiger partial charge in [0.1, 0.15) is 0 Å². The highest BCUT2D eigenvalue weighted by Crippen LogP contribution is 2.29. The third-order valence-electron chi connectivity index (χ3n) is 2.65. The summed E-state index contributed by atoms with van der Waals surface area (Å²) in [5.74, 6) is 0.691. The molecule has 0 bridgehead atoms. The van der Waals surface area contributed by atoms with Gasteiger partial charge in [0, 0.05) is 12.1 Å². The van der Waals surface area contributed by atoms with Crippen molar-refractivity contribution >= 4 is 15.7 Å². The number of aromatic nitrogens is 2. The maximum absolute atomic E-state index is 11.3. The molecule has 0 radical (unpaired) electrons. The molecule has 0 saturated carbocycles. The van der Waals surface area contributed by atoms with Crippen LogP contribution in [0.15, 0.2) is 35.5 Å². The lowest BCUT2D eigenvalue weighted by Crippen LogP contribution is -2.12. The minimum atomic E-state index is -3.80. The Morgan fingerprint density at radius 1 is 1.35 bits per heavy atom. The molecular formula is C12H16N4O3S. The number of nitrogens with zero attached hydrogens (tertiary/aromatic N) is 2. The number of primary sulfonamides is 1. The van der Waals surface area contributed by atoms with E-state index in [0.717, 1.165) is 0 Å². The number of benzene rings is 1. The molecule has 2 aromatic rings. The van der Waals surface area contributed by atoms with Crippen LogP contribution in [0.1, 0.15) is 19.9 Å². The predicted octanol–water partition coefficient (Wildman–Crippen LogP) is 1.49. The fourth-order valence-electron chi connectivity index (χ4n) is 1.56. The van der Waals surface area contributed by atoms with Gasteiger partial charge < -0.3 is 10.5 Å². The molecule has 8 heteroatoms. The van der Waals surface area contributed by atoms with Crippen molar-refractivity contribution in [3.8, 4) is 11.5 Å². The minimum Gasteiger partial charge on any atom is -0.452 e. The molecule has 7 nitrogen and oxygen atoms in total. The summed E-state index contributed by atoms with van der Waals surface area (Å²) in [6.45, 7) is 3.96. The normalized spacial score (nSPS) is 11.8. The zero-order valence-electron chi connectivity index (χ0n) is 11.1. The summed E-state index contributed by atoms with van der Waals surface area (Å²) in [5, 5.41) is 9.19. The molecule has 0 fully saturated rings. The minimum absolute atomic E-state index is 0.0575. The highest BCUT2D eigenvalue weighted by atomic mass is 32.2. The lowest BCUT2D eigenvalue weighted by atomic mass is 10.3. The molecule has 4 N–H and O–H groups in total. The van der Waals surface area contributed by atoms with Gasteiger partial charge in [-0.25, -0.2) is 13.6 Å². The summed E-state index contributed by atoms with van der Waals surface area (Å²) in [6.07, 6.45) is 3.23. The SMILES string of the molecule is CC(C)n1cc(Oc2cc(S(N)(=O)=O)ccc2N)cn1. The van der Waals surface area contributed by atoms with Gasteiger partial charge in [0.15, 0.2) is 11.5 Å². The molecule has 0 atom stereocenters. The molecular weight excluding hydrogens is 280 g/mol. The first kappa shape index (κ1) is 14.4. The van der Waals surface area contributed by atoms with Gasteiger partial charge in [0.05, 0.1) is 23.0 Å². The lowest BCUT2D eigenvalue weighted by Gasteiger charge is -2.08. The Bertz CT molecular complexity index is 722. The summed E-state index contributed by atoms with van der Waals surface area (Å²) in [6, 6.07) is 4.24. The highest BCUT2D eigenvalue weighted by molar-refractivity contribution is 7.89. The van der Waals surface area contributed by atoms with E-state index in [-0.39, 0.29) is 16.7 Å². The van der Waals surface area contributed by atoms with Gasteiger partial charge in [-0.3, -0.25) is 4.68 Å². The van der Waals surface area contributed by atoms with Crippen LogP contribution in [0.3, 0.4) is 0 Å². The van der Waals surface area contributed by atoms with Crippen LogP contribution in [0, 0.1) is 0 Å². The quantitative estimate of drug-likeness (QED) is 0.830. The van der Waals surface area contributed by atoms with Crippen molar-refractivity contribution in [2.24, 2.45) is 5.14 Å². The monoisotopic (exact) mass is 296 g/mol. The maximum atomic E-state index is 11.3. The molecule has 1 aromatic carbocycles. The summed E-state index contributed by atoms with van der Waals surface area (Å²) in [4.78, 5) is -0.0575. The summed E-state index contributed by atoms with van der Waals surface area (Å²) in [7, 11) is -3.80. The van der Waals surface area contributed by atoms with Gasteiger partial charge >= 0.3 is 0 Å². The largest absolute Gasteiger partial charge is 0.452 e. The van der Waals surface area contributed by atoms with E-state index in [1.165, 1.54) is 24.4 Å². The summed E-state index contributed by atoms with van der Waals surface area (Å²) < 4.78 is 29.9. The third kappa shape index (κ3) is 3.09. The second-order valence-corrected chi connectivity index (χ2v) is 6.16. The molecule has 0 aliphatic carbocycles. The van der Waals surface area contributed by atoms with Crippen LogP contribution < -0.4 is 15.6 Å². The molecule has 0 unspecified atom stereocenters. The van der Waals surface area contributed by atoms with E-state index >= 15 is 0 Å². The van der Waals surface area contributed by atoms with E-state index in [1.54, 1.807) is 10.9 Å². The van der Waals surface area contributed by atoms with Crippen molar-refractivity contribution < 1.29 is 13.2 Å². The van der Waals surface area contributed by atoms with Crippen LogP contribution in [-0.4, -0.2) is 18.2 Å². The van der Waals surface area contributed by atoms with Crippen LogP contribution in [0.25, 0.3) is 0 Å². The average Bonchev–Trinajstić information content (AvgIpc) is 2.79. The van der Waals surface area contributed by atoms with Crippen LogP contribution in [0.2, 0.25) is 0 Å². The molecule has 0 spiro atoms. The molecule has 108 valence electrons.